The van der Waals surface area contributed by atoms with Crippen LogP contribution < -0.4 is 5.32 Å². The average molecular weight is 393 g/mol. The number of benzene rings is 2. The van der Waals surface area contributed by atoms with Crippen LogP contribution in [0.3, 0.4) is 0 Å². The van der Waals surface area contributed by atoms with Crippen molar-refractivity contribution in [3.8, 4) is 11.5 Å². The third kappa shape index (κ3) is 3.66. The molecule has 6 rings (SSSR count). The molecule has 4 aliphatic carbocycles. The molecule has 0 amide bonds. The van der Waals surface area contributed by atoms with Crippen molar-refractivity contribution in [2.75, 3.05) is 5.32 Å². The Morgan fingerprint density at radius 1 is 0.931 bits per heavy atom. The summed E-state index contributed by atoms with van der Waals surface area (Å²) in [4.78, 5) is 12.7. The maximum absolute atomic E-state index is 12.7. The number of ether oxygens (including phenoxy) is 1. The molecule has 2 aromatic rings. The molecule has 0 aliphatic heterocycles. The summed E-state index contributed by atoms with van der Waals surface area (Å²) < 4.78 is 5.99. The molecule has 0 atom stereocenters. The third-order valence-electron chi connectivity index (χ3n) is 7.05. The molecule has 0 aromatic heterocycles. The quantitative estimate of drug-likeness (QED) is 0.507. The van der Waals surface area contributed by atoms with E-state index in [1.54, 1.807) is 12.1 Å². The summed E-state index contributed by atoms with van der Waals surface area (Å²) in [6.07, 6.45) is 6.42. The lowest BCUT2D eigenvalue weighted by Crippen LogP contribution is -2.50. The standard InChI is InChI=1S/C24H27NO4/c26-21-5-6-22(27)19(12-21)13-25-20-3-1-16(2-4-20)24(28)29-23-17-8-14-7-15(10-17)11-18(23)9-14/h1-6,12,14-15,17-18,23,25-27H,7-11,13H2. The van der Waals surface area contributed by atoms with E-state index in [9.17, 15) is 15.0 Å². The Hall–Kier alpha value is -2.69. The van der Waals surface area contributed by atoms with Gasteiger partial charge in [0.05, 0.1) is 5.56 Å². The van der Waals surface area contributed by atoms with Gasteiger partial charge in [0.25, 0.3) is 0 Å². The zero-order valence-corrected chi connectivity index (χ0v) is 16.4. The van der Waals surface area contributed by atoms with E-state index in [0.717, 1.165) is 17.5 Å². The predicted octanol–water partition coefficient (Wildman–Crippen LogP) is 4.69. The van der Waals surface area contributed by atoms with Crippen molar-refractivity contribution < 1.29 is 19.7 Å². The van der Waals surface area contributed by atoms with Crippen LogP contribution >= 0.6 is 0 Å². The van der Waals surface area contributed by atoms with Crippen LogP contribution in [-0.2, 0) is 11.3 Å². The minimum Gasteiger partial charge on any atom is -0.508 e. The van der Waals surface area contributed by atoms with Crippen molar-refractivity contribution in [1.29, 1.82) is 0 Å². The van der Waals surface area contributed by atoms with Crippen LogP contribution in [0.1, 0.15) is 48.0 Å². The van der Waals surface area contributed by atoms with Gasteiger partial charge in [-0.05, 0) is 98.2 Å². The molecular weight excluding hydrogens is 366 g/mol. The van der Waals surface area contributed by atoms with Gasteiger partial charge < -0.3 is 20.3 Å². The molecule has 4 aliphatic rings. The molecule has 29 heavy (non-hydrogen) atoms. The number of nitrogens with one attached hydrogen (secondary N) is 1. The van der Waals surface area contributed by atoms with Crippen LogP contribution in [0.2, 0.25) is 0 Å². The molecular formula is C24H27NO4. The van der Waals surface area contributed by atoms with Crippen LogP contribution in [-0.4, -0.2) is 22.3 Å². The summed E-state index contributed by atoms with van der Waals surface area (Å²) >= 11 is 0. The number of hydrogen-bond acceptors (Lipinski definition) is 5. The second kappa shape index (κ2) is 7.29. The Morgan fingerprint density at radius 3 is 2.24 bits per heavy atom. The Morgan fingerprint density at radius 2 is 1.59 bits per heavy atom. The highest BCUT2D eigenvalue weighted by atomic mass is 16.5. The number of phenols is 2. The predicted molar refractivity (Wildman–Crippen MR) is 110 cm³/mol. The number of hydrogen-bond donors (Lipinski definition) is 3. The molecule has 5 nitrogen and oxygen atoms in total. The zero-order valence-electron chi connectivity index (χ0n) is 16.4. The summed E-state index contributed by atoms with van der Waals surface area (Å²) in [6.45, 7) is 0.373. The molecule has 0 heterocycles. The fourth-order valence-electron chi connectivity index (χ4n) is 5.89. The first-order valence-corrected chi connectivity index (χ1v) is 10.6. The summed E-state index contributed by atoms with van der Waals surface area (Å²) in [5.41, 5.74) is 2.01. The number of esters is 1. The van der Waals surface area contributed by atoms with Crippen molar-refractivity contribution in [1.82, 2.24) is 0 Å². The van der Waals surface area contributed by atoms with Crippen molar-refractivity contribution in [2.24, 2.45) is 23.7 Å². The number of phenolic OH excluding ortho intramolecular Hbond substituents is 2. The highest BCUT2D eigenvalue weighted by Gasteiger charge is 2.49. The van der Waals surface area contributed by atoms with Crippen molar-refractivity contribution in [3.63, 3.8) is 0 Å². The van der Waals surface area contributed by atoms with Gasteiger partial charge in [0, 0.05) is 17.8 Å². The Labute approximate surface area is 170 Å². The minimum atomic E-state index is -0.223. The van der Waals surface area contributed by atoms with E-state index in [0.29, 0.717) is 29.5 Å². The fraction of sp³-hybridized carbons (Fsp3) is 0.458. The fourth-order valence-corrected chi connectivity index (χ4v) is 5.89. The van der Waals surface area contributed by atoms with Crippen molar-refractivity contribution in [3.05, 3.63) is 53.6 Å². The first kappa shape index (κ1) is 18.3. The van der Waals surface area contributed by atoms with Crippen LogP contribution in [0.25, 0.3) is 0 Å². The van der Waals surface area contributed by atoms with Gasteiger partial charge in [-0.25, -0.2) is 4.79 Å². The maximum atomic E-state index is 12.7. The van der Waals surface area contributed by atoms with Gasteiger partial charge in [0.2, 0.25) is 0 Å². The van der Waals surface area contributed by atoms with E-state index in [1.165, 1.54) is 50.3 Å². The second-order valence-corrected chi connectivity index (χ2v) is 9.04. The highest BCUT2D eigenvalue weighted by molar-refractivity contribution is 5.90. The molecule has 0 saturated heterocycles. The Kier molecular flexibility index (Phi) is 4.61. The number of carbonyl (C=O) groups is 1. The SMILES string of the molecule is O=C(OC1C2CC3CC(C2)CC1C3)c1ccc(NCc2cc(O)ccc2O)cc1. The van der Waals surface area contributed by atoms with E-state index in [-0.39, 0.29) is 23.6 Å². The number of rotatable bonds is 5. The normalized spacial score (nSPS) is 29.6. The smallest absolute Gasteiger partial charge is 0.338 e. The van der Waals surface area contributed by atoms with E-state index in [1.807, 2.05) is 12.1 Å². The minimum absolute atomic E-state index is 0.0989. The molecule has 0 unspecified atom stereocenters. The number of aromatic hydroxyl groups is 2. The van der Waals surface area contributed by atoms with Gasteiger partial charge in [-0.2, -0.15) is 0 Å². The first-order valence-electron chi connectivity index (χ1n) is 10.6. The van der Waals surface area contributed by atoms with Gasteiger partial charge in [-0.1, -0.05) is 0 Å². The topological polar surface area (TPSA) is 78.8 Å². The second-order valence-electron chi connectivity index (χ2n) is 9.04. The van der Waals surface area contributed by atoms with Crippen LogP contribution in [0.15, 0.2) is 42.5 Å². The lowest BCUT2D eigenvalue weighted by molar-refractivity contribution is -0.101. The molecule has 0 radical (unpaired) electrons. The van der Waals surface area contributed by atoms with Crippen LogP contribution in [0.5, 0.6) is 11.5 Å². The van der Waals surface area contributed by atoms with Crippen molar-refractivity contribution in [2.45, 2.75) is 44.8 Å². The van der Waals surface area contributed by atoms with E-state index in [2.05, 4.69) is 5.32 Å². The van der Waals surface area contributed by atoms with E-state index >= 15 is 0 Å². The molecule has 152 valence electrons. The number of carbonyl (C=O) groups excluding carboxylic acids is 1. The lowest BCUT2D eigenvalue weighted by atomic mass is 9.55. The maximum Gasteiger partial charge on any atom is 0.338 e. The van der Waals surface area contributed by atoms with Gasteiger partial charge in [-0.3, -0.25) is 0 Å². The average Bonchev–Trinajstić information content (AvgIpc) is 2.71. The van der Waals surface area contributed by atoms with Gasteiger partial charge in [-0.15, -0.1) is 0 Å². The number of anilines is 1. The first-order chi connectivity index (χ1) is 14.0. The summed E-state index contributed by atoms with van der Waals surface area (Å²) in [5, 5.41) is 22.6. The van der Waals surface area contributed by atoms with Gasteiger partial charge in [0.15, 0.2) is 0 Å². The molecule has 3 N–H and O–H groups in total. The summed E-state index contributed by atoms with van der Waals surface area (Å²) in [5.74, 6) is 2.87. The van der Waals surface area contributed by atoms with Gasteiger partial charge >= 0.3 is 5.97 Å². The molecule has 4 fully saturated rings. The summed E-state index contributed by atoms with van der Waals surface area (Å²) in [7, 11) is 0. The molecule has 4 saturated carbocycles. The van der Waals surface area contributed by atoms with Crippen molar-refractivity contribution >= 4 is 11.7 Å². The van der Waals surface area contributed by atoms with E-state index < -0.39 is 0 Å². The Bertz CT molecular complexity index is 880. The highest BCUT2D eigenvalue weighted by Crippen LogP contribution is 2.54. The molecule has 0 spiro atoms. The van der Waals surface area contributed by atoms with E-state index in [4.69, 9.17) is 4.74 Å². The molecule has 2 aromatic carbocycles. The van der Waals surface area contributed by atoms with Gasteiger partial charge in [0.1, 0.15) is 17.6 Å². The summed E-state index contributed by atoms with van der Waals surface area (Å²) in [6, 6.07) is 11.7. The Balaban J connectivity index is 1.20. The monoisotopic (exact) mass is 393 g/mol. The zero-order chi connectivity index (χ0) is 20.0. The van der Waals surface area contributed by atoms with Crippen LogP contribution in [0, 0.1) is 23.7 Å². The lowest BCUT2D eigenvalue weighted by Gasteiger charge is -2.53. The largest absolute Gasteiger partial charge is 0.508 e. The molecule has 5 heteroatoms. The molecule has 4 bridgehead atoms. The van der Waals surface area contributed by atoms with Crippen LogP contribution in [0.4, 0.5) is 5.69 Å². The third-order valence-corrected chi connectivity index (χ3v) is 7.05.